The van der Waals surface area contributed by atoms with Crippen molar-refractivity contribution in [1.82, 2.24) is 0 Å². The fraction of sp³-hybridized carbons (Fsp3) is 0.875. The first-order valence-electron chi connectivity index (χ1n) is 7.33. The van der Waals surface area contributed by atoms with Gasteiger partial charge in [0, 0.05) is 12.0 Å². The molecule has 1 unspecified atom stereocenters. The van der Waals surface area contributed by atoms with Gasteiger partial charge in [0.05, 0.1) is 6.10 Å². The third kappa shape index (κ3) is 7.59. The maximum absolute atomic E-state index is 5.85. The zero-order chi connectivity index (χ0) is 13.1. The van der Waals surface area contributed by atoms with Crippen molar-refractivity contribution in [3.05, 3.63) is 12.7 Å². The summed E-state index contributed by atoms with van der Waals surface area (Å²) >= 11 is 0. The molecule has 0 N–H and O–H groups in total. The second kappa shape index (κ2) is 9.70. The summed E-state index contributed by atoms with van der Waals surface area (Å²) in [5.74, 6) is 0. The van der Waals surface area contributed by atoms with Crippen LogP contribution in [0.15, 0.2) is 12.7 Å². The Hall–Kier alpha value is -0.300. The highest BCUT2D eigenvalue weighted by molar-refractivity contribution is 4.93. The summed E-state index contributed by atoms with van der Waals surface area (Å²) in [4.78, 5) is 0. The van der Waals surface area contributed by atoms with E-state index in [2.05, 4.69) is 34.3 Å². The van der Waals surface area contributed by atoms with E-state index >= 15 is 0 Å². The van der Waals surface area contributed by atoms with Crippen LogP contribution in [0.2, 0.25) is 0 Å². The molecular formula is C16H32O. The average molecular weight is 240 g/mol. The molecule has 0 rings (SSSR count). The summed E-state index contributed by atoms with van der Waals surface area (Å²) in [6.07, 6.45) is 11.6. The molecule has 0 amide bonds. The van der Waals surface area contributed by atoms with Crippen molar-refractivity contribution in [2.75, 3.05) is 6.61 Å². The SMILES string of the molecule is C=CC(C)(C)C(CCCCCCCC)OCC. The monoisotopic (exact) mass is 240 g/mol. The number of unbranched alkanes of at least 4 members (excludes halogenated alkanes) is 5. The van der Waals surface area contributed by atoms with Crippen LogP contribution in [0.4, 0.5) is 0 Å². The van der Waals surface area contributed by atoms with Gasteiger partial charge in [0.15, 0.2) is 0 Å². The van der Waals surface area contributed by atoms with E-state index in [0.29, 0.717) is 6.10 Å². The lowest BCUT2D eigenvalue weighted by Crippen LogP contribution is -2.30. The molecule has 1 atom stereocenters. The molecule has 0 aromatic carbocycles. The Morgan fingerprint density at radius 1 is 1.06 bits per heavy atom. The Bertz CT molecular complexity index is 184. The normalized spacial score (nSPS) is 13.6. The summed E-state index contributed by atoms with van der Waals surface area (Å²) in [7, 11) is 0. The Kier molecular flexibility index (Phi) is 9.53. The van der Waals surface area contributed by atoms with Crippen LogP contribution in [0, 0.1) is 5.41 Å². The van der Waals surface area contributed by atoms with Gasteiger partial charge in [-0.25, -0.2) is 0 Å². The van der Waals surface area contributed by atoms with E-state index in [1.54, 1.807) is 0 Å². The predicted molar refractivity (Wildman–Crippen MR) is 77.4 cm³/mol. The molecule has 0 aliphatic heterocycles. The van der Waals surface area contributed by atoms with Gasteiger partial charge in [-0.15, -0.1) is 6.58 Å². The van der Waals surface area contributed by atoms with Crippen molar-refractivity contribution in [3.8, 4) is 0 Å². The summed E-state index contributed by atoms with van der Waals surface area (Å²) in [5, 5.41) is 0. The molecule has 0 saturated heterocycles. The molecular weight excluding hydrogens is 208 g/mol. The minimum Gasteiger partial charge on any atom is -0.378 e. The van der Waals surface area contributed by atoms with Gasteiger partial charge in [-0.1, -0.05) is 65.4 Å². The zero-order valence-corrected chi connectivity index (χ0v) is 12.4. The molecule has 0 spiro atoms. The van der Waals surface area contributed by atoms with Crippen LogP contribution in [0.3, 0.4) is 0 Å². The first kappa shape index (κ1) is 16.7. The van der Waals surface area contributed by atoms with Crippen LogP contribution >= 0.6 is 0 Å². The van der Waals surface area contributed by atoms with Gasteiger partial charge in [-0.2, -0.15) is 0 Å². The molecule has 0 radical (unpaired) electrons. The molecule has 1 heteroatoms. The van der Waals surface area contributed by atoms with Crippen LogP contribution in [0.5, 0.6) is 0 Å². The third-order valence-corrected chi connectivity index (χ3v) is 3.54. The van der Waals surface area contributed by atoms with Crippen molar-refractivity contribution in [2.24, 2.45) is 5.41 Å². The molecule has 0 saturated carbocycles. The van der Waals surface area contributed by atoms with Crippen molar-refractivity contribution < 1.29 is 4.74 Å². The minimum atomic E-state index is 0.0967. The number of rotatable bonds is 11. The lowest BCUT2D eigenvalue weighted by molar-refractivity contribution is -0.00537. The van der Waals surface area contributed by atoms with E-state index in [4.69, 9.17) is 4.74 Å². The van der Waals surface area contributed by atoms with Crippen molar-refractivity contribution in [2.45, 2.75) is 78.7 Å². The molecule has 17 heavy (non-hydrogen) atoms. The van der Waals surface area contributed by atoms with Gasteiger partial charge in [-0.3, -0.25) is 0 Å². The Balaban J connectivity index is 3.82. The van der Waals surface area contributed by atoms with Gasteiger partial charge < -0.3 is 4.74 Å². The Morgan fingerprint density at radius 2 is 1.65 bits per heavy atom. The molecule has 1 nitrogen and oxygen atoms in total. The predicted octanol–water partition coefficient (Wildman–Crippen LogP) is 5.35. The van der Waals surface area contributed by atoms with E-state index in [-0.39, 0.29) is 5.41 Å². The molecule has 0 fully saturated rings. The lowest BCUT2D eigenvalue weighted by atomic mass is 9.83. The topological polar surface area (TPSA) is 9.23 Å². The van der Waals surface area contributed by atoms with Crippen molar-refractivity contribution in [3.63, 3.8) is 0 Å². The molecule has 0 heterocycles. The smallest absolute Gasteiger partial charge is 0.0660 e. The maximum atomic E-state index is 5.85. The quantitative estimate of drug-likeness (QED) is 0.349. The number of ether oxygens (including phenoxy) is 1. The van der Waals surface area contributed by atoms with Crippen molar-refractivity contribution in [1.29, 1.82) is 0 Å². The highest BCUT2D eigenvalue weighted by Gasteiger charge is 2.26. The first-order chi connectivity index (χ1) is 8.08. The summed E-state index contributed by atoms with van der Waals surface area (Å²) in [5.41, 5.74) is 0.0967. The van der Waals surface area contributed by atoms with E-state index in [1.807, 2.05) is 6.08 Å². The Labute approximate surface area is 109 Å². The van der Waals surface area contributed by atoms with Crippen molar-refractivity contribution >= 4 is 0 Å². The van der Waals surface area contributed by atoms with E-state index in [9.17, 15) is 0 Å². The number of hydrogen-bond acceptors (Lipinski definition) is 1. The standard InChI is InChI=1S/C16H32O/c1-6-9-10-11-12-13-14-15(17-8-3)16(4,5)7-2/h7,15H,2,6,8-14H2,1,3-5H3. The number of hydrogen-bond donors (Lipinski definition) is 0. The molecule has 0 aliphatic rings. The molecule has 0 aromatic rings. The van der Waals surface area contributed by atoms with Crippen LogP contribution in [-0.4, -0.2) is 12.7 Å². The fourth-order valence-corrected chi connectivity index (χ4v) is 2.11. The summed E-state index contributed by atoms with van der Waals surface area (Å²) < 4.78 is 5.85. The van der Waals surface area contributed by atoms with Crippen LogP contribution < -0.4 is 0 Å². The lowest BCUT2D eigenvalue weighted by Gasteiger charge is -2.31. The first-order valence-corrected chi connectivity index (χ1v) is 7.33. The largest absolute Gasteiger partial charge is 0.378 e. The third-order valence-electron chi connectivity index (χ3n) is 3.54. The zero-order valence-electron chi connectivity index (χ0n) is 12.4. The molecule has 0 aromatic heterocycles. The van der Waals surface area contributed by atoms with Gasteiger partial charge in [-0.05, 0) is 13.3 Å². The Morgan fingerprint density at radius 3 is 2.18 bits per heavy atom. The van der Waals surface area contributed by atoms with E-state index < -0.39 is 0 Å². The molecule has 0 bridgehead atoms. The average Bonchev–Trinajstić information content (AvgIpc) is 2.32. The van der Waals surface area contributed by atoms with Gasteiger partial charge >= 0.3 is 0 Å². The van der Waals surface area contributed by atoms with E-state index in [1.165, 1.54) is 44.9 Å². The summed E-state index contributed by atoms with van der Waals surface area (Å²) in [6, 6.07) is 0. The fourth-order valence-electron chi connectivity index (χ4n) is 2.11. The second-order valence-corrected chi connectivity index (χ2v) is 5.53. The van der Waals surface area contributed by atoms with Gasteiger partial charge in [0.1, 0.15) is 0 Å². The highest BCUT2D eigenvalue weighted by Crippen LogP contribution is 2.28. The maximum Gasteiger partial charge on any atom is 0.0660 e. The molecule has 0 aliphatic carbocycles. The summed E-state index contributed by atoms with van der Waals surface area (Å²) in [6.45, 7) is 13.5. The van der Waals surface area contributed by atoms with Crippen LogP contribution in [0.1, 0.15) is 72.6 Å². The van der Waals surface area contributed by atoms with Gasteiger partial charge in [0.2, 0.25) is 0 Å². The van der Waals surface area contributed by atoms with Crippen LogP contribution in [-0.2, 0) is 4.74 Å². The van der Waals surface area contributed by atoms with Gasteiger partial charge in [0.25, 0.3) is 0 Å². The molecule has 102 valence electrons. The minimum absolute atomic E-state index is 0.0967. The second-order valence-electron chi connectivity index (χ2n) is 5.53. The van der Waals surface area contributed by atoms with E-state index in [0.717, 1.165) is 6.61 Å². The highest BCUT2D eigenvalue weighted by atomic mass is 16.5. The van der Waals surface area contributed by atoms with Crippen LogP contribution in [0.25, 0.3) is 0 Å².